The molecule has 0 spiro atoms. The number of rotatable bonds is 1. The van der Waals surface area contributed by atoms with Crippen molar-refractivity contribution in [2.24, 2.45) is 0 Å². The van der Waals surface area contributed by atoms with E-state index >= 15 is 0 Å². The van der Waals surface area contributed by atoms with Crippen molar-refractivity contribution in [1.29, 1.82) is 0 Å². The highest BCUT2D eigenvalue weighted by molar-refractivity contribution is 5.79. The minimum absolute atomic E-state index is 0.650. The van der Waals surface area contributed by atoms with Crippen LogP contribution >= 0.6 is 0 Å². The molecule has 2 unspecified atom stereocenters. The van der Waals surface area contributed by atoms with E-state index in [1.54, 1.807) is 0 Å². The van der Waals surface area contributed by atoms with Crippen molar-refractivity contribution in [1.82, 2.24) is 14.9 Å². The third-order valence-electron chi connectivity index (χ3n) is 4.58. The van der Waals surface area contributed by atoms with Gasteiger partial charge in [0.25, 0.3) is 0 Å². The number of nitrogens with one attached hydrogen (secondary N) is 1. The number of H-pyrrole nitrogens is 1. The van der Waals surface area contributed by atoms with E-state index in [-0.39, 0.29) is 0 Å². The van der Waals surface area contributed by atoms with Crippen molar-refractivity contribution in [3.63, 3.8) is 0 Å². The molecule has 0 amide bonds. The molecule has 0 saturated carbocycles. The van der Waals surface area contributed by atoms with Crippen molar-refractivity contribution in [3.8, 4) is 0 Å². The highest BCUT2D eigenvalue weighted by Crippen LogP contribution is 2.34. The Morgan fingerprint density at radius 2 is 2.32 bits per heavy atom. The molecule has 2 atom stereocenters. The second kappa shape index (κ2) is 4.49. The van der Waals surface area contributed by atoms with Crippen LogP contribution in [-0.2, 0) is 0 Å². The molecule has 2 aliphatic heterocycles. The molecule has 1 fully saturated rings. The maximum absolute atomic E-state index is 4.20. The number of aromatic nitrogens is 2. The first-order valence-electron chi connectivity index (χ1n) is 7.23. The lowest BCUT2D eigenvalue weighted by Crippen LogP contribution is -2.42. The lowest BCUT2D eigenvalue weighted by Gasteiger charge is -2.39. The monoisotopic (exact) mass is 253 g/mol. The topological polar surface area (TPSA) is 31.9 Å². The highest BCUT2D eigenvalue weighted by Gasteiger charge is 2.29. The first-order chi connectivity index (χ1) is 9.40. The average Bonchev–Trinajstić information content (AvgIpc) is 2.90. The van der Waals surface area contributed by atoms with E-state index in [0.717, 1.165) is 0 Å². The molecule has 3 nitrogen and oxygen atoms in total. The first-order valence-corrected chi connectivity index (χ1v) is 7.23. The summed E-state index contributed by atoms with van der Waals surface area (Å²) in [7, 11) is 0. The summed E-state index contributed by atoms with van der Waals surface area (Å²) >= 11 is 0. The van der Waals surface area contributed by atoms with Crippen LogP contribution in [0.4, 0.5) is 0 Å². The molecule has 3 heteroatoms. The van der Waals surface area contributed by atoms with Gasteiger partial charge in [0.15, 0.2) is 0 Å². The second-order valence-electron chi connectivity index (χ2n) is 5.73. The van der Waals surface area contributed by atoms with Crippen molar-refractivity contribution in [3.05, 3.63) is 42.4 Å². The van der Waals surface area contributed by atoms with Gasteiger partial charge in [-0.25, -0.2) is 0 Å². The average molecular weight is 253 g/mol. The van der Waals surface area contributed by atoms with E-state index in [0.29, 0.717) is 12.0 Å². The number of hydrogen-bond donors (Lipinski definition) is 1. The zero-order valence-electron chi connectivity index (χ0n) is 11.0. The Balaban J connectivity index is 1.62. The molecular weight excluding hydrogens is 234 g/mol. The first kappa shape index (κ1) is 11.2. The van der Waals surface area contributed by atoms with Gasteiger partial charge >= 0.3 is 0 Å². The summed E-state index contributed by atoms with van der Waals surface area (Å²) in [6, 6.07) is 5.00. The van der Waals surface area contributed by atoms with Crippen LogP contribution in [0.25, 0.3) is 10.9 Å². The van der Waals surface area contributed by atoms with E-state index in [1.807, 2.05) is 12.4 Å². The maximum atomic E-state index is 4.20. The molecule has 4 rings (SSSR count). The van der Waals surface area contributed by atoms with Crippen LogP contribution in [0.2, 0.25) is 0 Å². The van der Waals surface area contributed by atoms with Crippen LogP contribution in [0.3, 0.4) is 0 Å². The van der Waals surface area contributed by atoms with Crippen LogP contribution in [0.15, 0.2) is 36.7 Å². The standard InChI is InChI=1S/C16H19N3/c1-2-7-19-8-5-12(9-14(19)3-1)16-10-13-11-17-6-4-15(13)18-16/h1,3-4,6,10-12,14,18H,2,5,7-9H2. The molecule has 2 aromatic rings. The largest absolute Gasteiger partial charge is 0.358 e. The minimum atomic E-state index is 0.650. The molecule has 0 aromatic carbocycles. The molecule has 4 heterocycles. The van der Waals surface area contributed by atoms with Gasteiger partial charge in [0.05, 0.1) is 0 Å². The highest BCUT2D eigenvalue weighted by atomic mass is 15.2. The number of piperidine rings is 1. The van der Waals surface area contributed by atoms with Crippen molar-refractivity contribution in [2.45, 2.75) is 31.2 Å². The predicted octanol–water partition coefficient (Wildman–Crippen LogP) is 3.07. The van der Waals surface area contributed by atoms with Gasteiger partial charge < -0.3 is 4.98 Å². The van der Waals surface area contributed by atoms with Crippen LogP contribution in [0.5, 0.6) is 0 Å². The zero-order valence-corrected chi connectivity index (χ0v) is 11.0. The van der Waals surface area contributed by atoms with Gasteiger partial charge in [-0.05, 0) is 37.9 Å². The SMILES string of the molecule is C1=CC2CC(c3cc4cnccc4[nH]3)CCN2CC1. The molecule has 1 saturated heterocycles. The predicted molar refractivity (Wildman–Crippen MR) is 77.2 cm³/mol. The Morgan fingerprint density at radius 1 is 1.32 bits per heavy atom. The molecule has 2 aromatic heterocycles. The zero-order chi connectivity index (χ0) is 12.7. The van der Waals surface area contributed by atoms with Crippen LogP contribution < -0.4 is 0 Å². The summed E-state index contributed by atoms with van der Waals surface area (Å²) in [5.41, 5.74) is 2.60. The number of pyridine rings is 1. The lowest BCUT2D eigenvalue weighted by molar-refractivity contribution is 0.159. The van der Waals surface area contributed by atoms with Gasteiger partial charge in [0, 0.05) is 47.5 Å². The fraction of sp³-hybridized carbons (Fsp3) is 0.438. The van der Waals surface area contributed by atoms with Crippen molar-refractivity contribution < 1.29 is 0 Å². The van der Waals surface area contributed by atoms with Gasteiger partial charge in [-0.2, -0.15) is 0 Å². The summed E-state index contributed by atoms with van der Waals surface area (Å²) in [6.45, 7) is 2.47. The van der Waals surface area contributed by atoms with Gasteiger partial charge in [0.2, 0.25) is 0 Å². The molecular formula is C16H19N3. The third-order valence-corrected chi connectivity index (χ3v) is 4.58. The Bertz CT molecular complexity index is 580. The Labute approximate surface area is 113 Å². The Kier molecular flexibility index (Phi) is 2.66. The number of nitrogens with zero attached hydrogens (tertiary/aromatic N) is 2. The van der Waals surface area contributed by atoms with E-state index < -0.39 is 0 Å². The van der Waals surface area contributed by atoms with E-state index in [9.17, 15) is 0 Å². The number of hydrogen-bond acceptors (Lipinski definition) is 2. The summed E-state index contributed by atoms with van der Waals surface area (Å²) in [4.78, 5) is 10.4. The fourth-order valence-electron chi connectivity index (χ4n) is 3.51. The summed E-state index contributed by atoms with van der Waals surface area (Å²) in [5, 5.41) is 1.24. The second-order valence-corrected chi connectivity index (χ2v) is 5.73. The fourth-order valence-corrected chi connectivity index (χ4v) is 3.51. The Hall–Kier alpha value is -1.61. The minimum Gasteiger partial charge on any atom is -0.358 e. The number of aromatic amines is 1. The van der Waals surface area contributed by atoms with Gasteiger partial charge in [-0.15, -0.1) is 0 Å². The van der Waals surface area contributed by atoms with Crippen molar-refractivity contribution in [2.75, 3.05) is 13.1 Å². The number of fused-ring (bicyclic) bond motifs is 2. The van der Waals surface area contributed by atoms with E-state index in [4.69, 9.17) is 0 Å². The molecule has 0 aliphatic carbocycles. The third kappa shape index (κ3) is 1.98. The molecule has 98 valence electrons. The summed E-state index contributed by atoms with van der Waals surface area (Å²) in [6.07, 6.45) is 12.3. The lowest BCUT2D eigenvalue weighted by atomic mass is 9.87. The maximum Gasteiger partial charge on any atom is 0.0487 e. The quantitative estimate of drug-likeness (QED) is 0.792. The van der Waals surface area contributed by atoms with Crippen LogP contribution in [-0.4, -0.2) is 34.0 Å². The van der Waals surface area contributed by atoms with Crippen LogP contribution in [0.1, 0.15) is 30.9 Å². The summed E-state index contributed by atoms with van der Waals surface area (Å²) < 4.78 is 0. The molecule has 19 heavy (non-hydrogen) atoms. The molecule has 0 radical (unpaired) electrons. The van der Waals surface area contributed by atoms with Gasteiger partial charge in [-0.1, -0.05) is 12.2 Å². The summed E-state index contributed by atoms with van der Waals surface area (Å²) in [5.74, 6) is 0.663. The molecule has 1 N–H and O–H groups in total. The molecule has 2 aliphatic rings. The van der Waals surface area contributed by atoms with Crippen molar-refractivity contribution >= 4 is 10.9 Å². The van der Waals surface area contributed by atoms with E-state index in [2.05, 4.69) is 39.2 Å². The Morgan fingerprint density at radius 3 is 3.26 bits per heavy atom. The smallest absolute Gasteiger partial charge is 0.0487 e. The van der Waals surface area contributed by atoms with Gasteiger partial charge in [-0.3, -0.25) is 9.88 Å². The van der Waals surface area contributed by atoms with Crippen LogP contribution in [0, 0.1) is 0 Å². The normalized spacial score (nSPS) is 27.6. The van der Waals surface area contributed by atoms with Gasteiger partial charge in [0.1, 0.15) is 0 Å². The van der Waals surface area contributed by atoms with E-state index in [1.165, 1.54) is 48.9 Å². The molecule has 0 bridgehead atoms.